The summed E-state index contributed by atoms with van der Waals surface area (Å²) in [5, 5.41) is 9.47. The fraction of sp³-hybridized carbons (Fsp3) is 0.923. The number of rotatable bonds is 4. The minimum absolute atomic E-state index is 0.152. The molecule has 2 atom stereocenters. The third-order valence-electron chi connectivity index (χ3n) is 2.88. The maximum Gasteiger partial charge on any atom is 0.410 e. The average Bonchev–Trinajstić information content (AvgIpc) is 2.92. The zero-order chi connectivity index (χ0) is 13.2. The van der Waals surface area contributed by atoms with Gasteiger partial charge in [-0.25, -0.2) is 4.79 Å². The Labute approximate surface area is 104 Å². The van der Waals surface area contributed by atoms with Crippen LogP contribution >= 0.6 is 0 Å². The molecule has 0 heterocycles. The molecule has 2 unspecified atom stereocenters. The van der Waals surface area contributed by atoms with Crippen molar-refractivity contribution in [3.8, 4) is 0 Å². The first-order valence-electron chi connectivity index (χ1n) is 6.38. The highest BCUT2D eigenvalue weighted by Crippen LogP contribution is 2.35. The monoisotopic (exact) mass is 243 g/mol. The van der Waals surface area contributed by atoms with Crippen molar-refractivity contribution in [1.29, 1.82) is 0 Å². The zero-order valence-corrected chi connectivity index (χ0v) is 11.6. The summed E-state index contributed by atoms with van der Waals surface area (Å²) >= 11 is 0. The molecular weight excluding hydrogens is 218 g/mol. The molecule has 4 nitrogen and oxygen atoms in total. The molecule has 1 fully saturated rings. The first kappa shape index (κ1) is 14.3. The van der Waals surface area contributed by atoms with E-state index in [0.29, 0.717) is 12.5 Å². The van der Waals surface area contributed by atoms with Gasteiger partial charge in [-0.2, -0.15) is 0 Å². The van der Waals surface area contributed by atoms with Gasteiger partial charge in [-0.15, -0.1) is 0 Å². The summed E-state index contributed by atoms with van der Waals surface area (Å²) in [7, 11) is 0. The van der Waals surface area contributed by atoms with Crippen LogP contribution in [0.2, 0.25) is 0 Å². The molecule has 0 spiro atoms. The average molecular weight is 243 g/mol. The van der Waals surface area contributed by atoms with Crippen LogP contribution in [0.1, 0.15) is 47.5 Å². The van der Waals surface area contributed by atoms with Gasteiger partial charge in [0.1, 0.15) is 5.60 Å². The van der Waals surface area contributed by atoms with Gasteiger partial charge in [0.25, 0.3) is 0 Å². The number of hydrogen-bond acceptors (Lipinski definition) is 3. The second-order valence-corrected chi connectivity index (χ2v) is 6.06. The van der Waals surface area contributed by atoms with Crippen molar-refractivity contribution in [3.05, 3.63) is 0 Å². The molecule has 100 valence electrons. The summed E-state index contributed by atoms with van der Waals surface area (Å²) in [6.45, 7) is 9.63. The quantitative estimate of drug-likeness (QED) is 0.825. The van der Waals surface area contributed by atoms with Crippen LogP contribution in [-0.4, -0.2) is 40.4 Å². The molecule has 1 saturated carbocycles. The highest BCUT2D eigenvalue weighted by Gasteiger charge is 2.36. The van der Waals surface area contributed by atoms with E-state index in [0.717, 1.165) is 0 Å². The van der Waals surface area contributed by atoms with E-state index in [4.69, 9.17) is 4.74 Å². The standard InChI is InChI=1S/C13H25NO3/c1-9(15)8-14(10(2)11-6-7-11)12(16)17-13(3,4)5/h9-11,15H,6-8H2,1-5H3. The van der Waals surface area contributed by atoms with Gasteiger partial charge in [-0.05, 0) is 53.4 Å². The highest BCUT2D eigenvalue weighted by atomic mass is 16.6. The SMILES string of the molecule is CC(O)CN(C(=O)OC(C)(C)C)C(C)C1CC1. The normalized spacial score (nSPS) is 19.6. The molecule has 0 aromatic carbocycles. The van der Waals surface area contributed by atoms with E-state index in [1.165, 1.54) is 12.8 Å². The van der Waals surface area contributed by atoms with E-state index in [2.05, 4.69) is 0 Å². The molecule has 1 amide bonds. The minimum atomic E-state index is -0.524. The lowest BCUT2D eigenvalue weighted by Gasteiger charge is -2.32. The van der Waals surface area contributed by atoms with E-state index < -0.39 is 11.7 Å². The Hall–Kier alpha value is -0.770. The molecule has 0 radical (unpaired) electrons. The predicted octanol–water partition coefficient (Wildman–Crippen LogP) is 2.40. The third-order valence-corrected chi connectivity index (χ3v) is 2.88. The lowest BCUT2D eigenvalue weighted by atomic mass is 10.1. The van der Waals surface area contributed by atoms with Crippen molar-refractivity contribution in [3.63, 3.8) is 0 Å². The van der Waals surface area contributed by atoms with Crippen molar-refractivity contribution in [2.75, 3.05) is 6.54 Å². The maximum atomic E-state index is 12.1. The number of aliphatic hydroxyl groups is 1. The molecule has 1 N–H and O–H groups in total. The number of aliphatic hydroxyl groups excluding tert-OH is 1. The van der Waals surface area contributed by atoms with Crippen LogP contribution in [0.4, 0.5) is 4.79 Å². The number of carbonyl (C=O) groups excluding carboxylic acids is 1. The van der Waals surface area contributed by atoms with Crippen LogP contribution in [0.15, 0.2) is 0 Å². The van der Waals surface area contributed by atoms with Gasteiger partial charge in [0, 0.05) is 12.6 Å². The Morgan fingerprint density at radius 2 is 1.94 bits per heavy atom. The second-order valence-electron chi connectivity index (χ2n) is 6.06. The van der Waals surface area contributed by atoms with Crippen LogP contribution < -0.4 is 0 Å². The van der Waals surface area contributed by atoms with Crippen molar-refractivity contribution in [2.24, 2.45) is 5.92 Å². The van der Waals surface area contributed by atoms with E-state index in [9.17, 15) is 9.90 Å². The molecule has 1 rings (SSSR count). The maximum absolute atomic E-state index is 12.1. The van der Waals surface area contributed by atoms with Gasteiger partial charge in [0.2, 0.25) is 0 Å². The Kier molecular flexibility index (Phi) is 4.42. The second kappa shape index (κ2) is 5.25. The number of hydrogen-bond donors (Lipinski definition) is 1. The number of amides is 1. The van der Waals surface area contributed by atoms with E-state index in [1.807, 2.05) is 27.7 Å². The van der Waals surface area contributed by atoms with Crippen LogP contribution in [-0.2, 0) is 4.74 Å². The van der Waals surface area contributed by atoms with Crippen LogP contribution in [0.5, 0.6) is 0 Å². The van der Waals surface area contributed by atoms with Gasteiger partial charge < -0.3 is 14.7 Å². The third kappa shape index (κ3) is 4.94. The van der Waals surface area contributed by atoms with Gasteiger partial charge in [-0.3, -0.25) is 0 Å². The van der Waals surface area contributed by atoms with Gasteiger partial charge in [0.05, 0.1) is 6.10 Å². The molecule has 1 aliphatic rings. The molecule has 0 aromatic rings. The fourth-order valence-corrected chi connectivity index (χ4v) is 1.85. The summed E-state index contributed by atoms with van der Waals surface area (Å²) in [5.74, 6) is 0.571. The van der Waals surface area contributed by atoms with Gasteiger partial charge in [-0.1, -0.05) is 0 Å². The van der Waals surface area contributed by atoms with Crippen molar-refractivity contribution >= 4 is 6.09 Å². The minimum Gasteiger partial charge on any atom is -0.444 e. The number of carbonyl (C=O) groups is 1. The van der Waals surface area contributed by atoms with E-state index >= 15 is 0 Å². The first-order valence-corrected chi connectivity index (χ1v) is 6.38. The molecule has 0 aromatic heterocycles. The van der Waals surface area contributed by atoms with E-state index in [1.54, 1.807) is 11.8 Å². The summed E-state index contributed by atoms with van der Waals surface area (Å²) in [6, 6.07) is 0.152. The molecular formula is C13H25NO3. The Bertz CT molecular complexity index is 266. The largest absolute Gasteiger partial charge is 0.444 e. The van der Waals surface area contributed by atoms with Crippen LogP contribution in [0.3, 0.4) is 0 Å². The topological polar surface area (TPSA) is 49.8 Å². The Balaban J connectivity index is 2.64. The Morgan fingerprint density at radius 1 is 1.41 bits per heavy atom. The van der Waals surface area contributed by atoms with Crippen LogP contribution in [0.25, 0.3) is 0 Å². The predicted molar refractivity (Wildman–Crippen MR) is 66.8 cm³/mol. The summed E-state index contributed by atoms with van der Waals surface area (Å²) in [4.78, 5) is 13.7. The highest BCUT2D eigenvalue weighted by molar-refractivity contribution is 5.68. The summed E-state index contributed by atoms with van der Waals surface area (Å²) in [5.41, 5.74) is -0.489. The van der Waals surface area contributed by atoms with Crippen LogP contribution in [0, 0.1) is 5.92 Å². The van der Waals surface area contributed by atoms with Gasteiger partial charge >= 0.3 is 6.09 Å². The smallest absolute Gasteiger partial charge is 0.410 e. The van der Waals surface area contributed by atoms with Crippen molar-refractivity contribution in [1.82, 2.24) is 4.90 Å². The summed E-state index contributed by atoms with van der Waals surface area (Å²) in [6.07, 6.45) is 1.49. The van der Waals surface area contributed by atoms with Crippen molar-refractivity contribution < 1.29 is 14.6 Å². The molecule has 0 saturated heterocycles. The zero-order valence-electron chi connectivity index (χ0n) is 11.6. The fourth-order valence-electron chi connectivity index (χ4n) is 1.85. The van der Waals surface area contributed by atoms with E-state index in [-0.39, 0.29) is 12.1 Å². The molecule has 0 bridgehead atoms. The molecule has 1 aliphatic carbocycles. The number of ether oxygens (including phenoxy) is 1. The summed E-state index contributed by atoms with van der Waals surface area (Å²) < 4.78 is 5.38. The lowest BCUT2D eigenvalue weighted by Crippen LogP contribution is -2.46. The lowest BCUT2D eigenvalue weighted by molar-refractivity contribution is 0.00510. The van der Waals surface area contributed by atoms with Crippen molar-refractivity contribution in [2.45, 2.75) is 65.2 Å². The molecule has 4 heteroatoms. The van der Waals surface area contributed by atoms with Gasteiger partial charge in [0.15, 0.2) is 0 Å². The molecule has 17 heavy (non-hydrogen) atoms. The molecule has 0 aliphatic heterocycles. The number of nitrogens with zero attached hydrogens (tertiary/aromatic N) is 1. The Morgan fingerprint density at radius 3 is 2.29 bits per heavy atom. The first-order chi connectivity index (χ1) is 7.70.